The van der Waals surface area contributed by atoms with Gasteiger partial charge in [0.2, 0.25) is 0 Å². The molecule has 0 aliphatic carbocycles. The summed E-state index contributed by atoms with van der Waals surface area (Å²) >= 11 is 0. The Morgan fingerprint density at radius 2 is 2.06 bits per heavy atom. The Bertz CT molecular complexity index is 320. The molecule has 0 aromatic heterocycles. The second-order valence-electron chi connectivity index (χ2n) is 3.79. The molecule has 1 unspecified atom stereocenters. The summed E-state index contributed by atoms with van der Waals surface area (Å²) in [4.78, 5) is 0. The number of rotatable bonds is 6. The summed E-state index contributed by atoms with van der Waals surface area (Å²) in [5.41, 5.74) is 2.49. The molecule has 0 radical (unpaired) electrons. The fraction of sp³-hybridized carbons (Fsp3) is 0.538. The fourth-order valence-electron chi connectivity index (χ4n) is 1.84. The Balaban J connectivity index is 2.90. The first-order valence-electron chi connectivity index (χ1n) is 5.59. The van der Waals surface area contributed by atoms with Gasteiger partial charge in [-0.3, -0.25) is 0 Å². The normalized spacial score (nSPS) is 12.5. The van der Waals surface area contributed by atoms with Crippen molar-refractivity contribution in [3.63, 3.8) is 0 Å². The van der Waals surface area contributed by atoms with E-state index in [9.17, 15) is 0 Å². The van der Waals surface area contributed by atoms with Crippen molar-refractivity contribution in [2.24, 2.45) is 0 Å². The van der Waals surface area contributed by atoms with Crippen LogP contribution in [0, 0.1) is 6.92 Å². The molecule has 3 heteroatoms. The van der Waals surface area contributed by atoms with Crippen molar-refractivity contribution in [3.8, 4) is 5.75 Å². The molecule has 90 valence electrons. The van der Waals surface area contributed by atoms with Crippen LogP contribution in [0.3, 0.4) is 0 Å². The number of benzene rings is 1. The minimum atomic E-state index is 0.251. The Morgan fingerprint density at radius 3 is 2.56 bits per heavy atom. The largest absolute Gasteiger partial charge is 0.497 e. The molecule has 0 bridgehead atoms. The van der Waals surface area contributed by atoms with Crippen molar-refractivity contribution in [3.05, 3.63) is 29.3 Å². The van der Waals surface area contributed by atoms with E-state index in [1.807, 2.05) is 6.07 Å². The van der Waals surface area contributed by atoms with Crippen molar-refractivity contribution in [2.75, 3.05) is 27.4 Å². The van der Waals surface area contributed by atoms with Gasteiger partial charge in [0.25, 0.3) is 0 Å². The quantitative estimate of drug-likeness (QED) is 0.802. The highest BCUT2D eigenvalue weighted by atomic mass is 16.5. The predicted molar refractivity (Wildman–Crippen MR) is 66.0 cm³/mol. The second-order valence-corrected chi connectivity index (χ2v) is 3.79. The Morgan fingerprint density at radius 1 is 1.31 bits per heavy atom. The van der Waals surface area contributed by atoms with Gasteiger partial charge in [0, 0.05) is 7.11 Å². The molecule has 1 aromatic rings. The van der Waals surface area contributed by atoms with Gasteiger partial charge in [0.05, 0.1) is 19.8 Å². The lowest BCUT2D eigenvalue weighted by atomic mass is 10.0. The summed E-state index contributed by atoms with van der Waals surface area (Å²) in [6.07, 6.45) is 0. The van der Waals surface area contributed by atoms with Crippen LogP contribution in [-0.4, -0.2) is 27.4 Å². The number of nitrogens with one attached hydrogen (secondary N) is 1. The zero-order valence-electron chi connectivity index (χ0n) is 10.5. The lowest BCUT2D eigenvalue weighted by molar-refractivity contribution is 0.167. The minimum absolute atomic E-state index is 0.251. The number of ether oxygens (including phenoxy) is 2. The lowest BCUT2D eigenvalue weighted by Crippen LogP contribution is -2.25. The van der Waals surface area contributed by atoms with E-state index in [4.69, 9.17) is 9.47 Å². The molecule has 0 heterocycles. The smallest absolute Gasteiger partial charge is 0.119 e. The van der Waals surface area contributed by atoms with E-state index < -0.39 is 0 Å². The molecule has 0 saturated heterocycles. The van der Waals surface area contributed by atoms with E-state index >= 15 is 0 Å². The third-order valence-electron chi connectivity index (χ3n) is 2.64. The highest BCUT2D eigenvalue weighted by Gasteiger charge is 2.12. The number of methoxy groups -OCH3 is 2. The standard InChI is InChI=1S/C13H21NO2/c1-5-14-13(9-15-3)12-7-6-11(16-4)8-10(12)2/h6-8,13-14H,5,9H2,1-4H3. The minimum Gasteiger partial charge on any atom is -0.497 e. The summed E-state index contributed by atoms with van der Waals surface area (Å²) in [7, 11) is 3.41. The summed E-state index contributed by atoms with van der Waals surface area (Å²) in [5.74, 6) is 0.897. The lowest BCUT2D eigenvalue weighted by Gasteiger charge is -2.19. The zero-order valence-corrected chi connectivity index (χ0v) is 10.5. The third-order valence-corrected chi connectivity index (χ3v) is 2.64. The first kappa shape index (κ1) is 13.0. The topological polar surface area (TPSA) is 30.5 Å². The number of hydrogen-bond acceptors (Lipinski definition) is 3. The second kappa shape index (κ2) is 6.51. The van der Waals surface area contributed by atoms with Crippen molar-refractivity contribution in [1.82, 2.24) is 5.32 Å². The molecule has 0 saturated carbocycles. The van der Waals surface area contributed by atoms with Gasteiger partial charge in [-0.2, -0.15) is 0 Å². The average molecular weight is 223 g/mol. The van der Waals surface area contributed by atoms with E-state index in [0.29, 0.717) is 6.61 Å². The molecule has 3 nitrogen and oxygen atoms in total. The van der Waals surface area contributed by atoms with Crippen molar-refractivity contribution in [1.29, 1.82) is 0 Å². The van der Waals surface area contributed by atoms with Crippen LogP contribution in [0.5, 0.6) is 5.75 Å². The average Bonchev–Trinajstić information content (AvgIpc) is 2.29. The molecule has 16 heavy (non-hydrogen) atoms. The number of hydrogen-bond donors (Lipinski definition) is 1. The number of likely N-dealkylation sites (N-methyl/N-ethyl adjacent to an activating group) is 1. The van der Waals surface area contributed by atoms with Crippen LogP contribution in [0.1, 0.15) is 24.1 Å². The molecule has 0 aliphatic rings. The van der Waals surface area contributed by atoms with Crippen molar-refractivity contribution in [2.45, 2.75) is 19.9 Å². The highest BCUT2D eigenvalue weighted by Crippen LogP contribution is 2.22. The van der Waals surface area contributed by atoms with Crippen LogP contribution in [0.15, 0.2) is 18.2 Å². The summed E-state index contributed by atoms with van der Waals surface area (Å²) in [6, 6.07) is 6.39. The molecule has 1 N–H and O–H groups in total. The first-order valence-corrected chi connectivity index (χ1v) is 5.59. The summed E-state index contributed by atoms with van der Waals surface area (Å²) in [6.45, 7) is 5.81. The first-order chi connectivity index (χ1) is 7.72. The molecule has 0 amide bonds. The van der Waals surface area contributed by atoms with Gasteiger partial charge in [0.1, 0.15) is 5.75 Å². The van der Waals surface area contributed by atoms with Gasteiger partial charge in [-0.05, 0) is 36.7 Å². The summed E-state index contributed by atoms with van der Waals surface area (Å²) in [5, 5.41) is 3.41. The SMILES string of the molecule is CCNC(COC)c1ccc(OC)cc1C. The van der Waals surface area contributed by atoms with E-state index in [2.05, 4.69) is 31.3 Å². The van der Waals surface area contributed by atoms with Crippen LogP contribution in [0.25, 0.3) is 0 Å². The maximum atomic E-state index is 5.23. The molecule has 0 aliphatic heterocycles. The fourth-order valence-corrected chi connectivity index (χ4v) is 1.84. The maximum Gasteiger partial charge on any atom is 0.119 e. The van der Waals surface area contributed by atoms with Crippen LogP contribution < -0.4 is 10.1 Å². The molecule has 1 rings (SSSR count). The van der Waals surface area contributed by atoms with E-state index in [1.165, 1.54) is 11.1 Å². The molecule has 1 atom stereocenters. The van der Waals surface area contributed by atoms with Crippen LogP contribution >= 0.6 is 0 Å². The Hall–Kier alpha value is -1.06. The van der Waals surface area contributed by atoms with Gasteiger partial charge in [-0.15, -0.1) is 0 Å². The summed E-state index contributed by atoms with van der Waals surface area (Å²) < 4.78 is 10.4. The molecular weight excluding hydrogens is 202 g/mol. The molecule has 0 fully saturated rings. The van der Waals surface area contributed by atoms with Gasteiger partial charge in [-0.25, -0.2) is 0 Å². The Labute approximate surface area is 97.8 Å². The van der Waals surface area contributed by atoms with Crippen LogP contribution in [-0.2, 0) is 4.74 Å². The van der Waals surface area contributed by atoms with Crippen LogP contribution in [0.2, 0.25) is 0 Å². The monoisotopic (exact) mass is 223 g/mol. The molecular formula is C13H21NO2. The Kier molecular flexibility index (Phi) is 5.29. The zero-order chi connectivity index (χ0) is 12.0. The maximum absolute atomic E-state index is 5.23. The van der Waals surface area contributed by atoms with Gasteiger partial charge in [-0.1, -0.05) is 13.0 Å². The molecule has 0 spiro atoms. The van der Waals surface area contributed by atoms with E-state index in [0.717, 1.165) is 12.3 Å². The van der Waals surface area contributed by atoms with Crippen LogP contribution in [0.4, 0.5) is 0 Å². The highest BCUT2D eigenvalue weighted by molar-refractivity contribution is 5.36. The number of aryl methyl sites for hydroxylation is 1. The van der Waals surface area contributed by atoms with E-state index in [-0.39, 0.29) is 6.04 Å². The van der Waals surface area contributed by atoms with Gasteiger partial charge in [0.15, 0.2) is 0 Å². The predicted octanol–water partition coefficient (Wildman–Crippen LogP) is 2.30. The van der Waals surface area contributed by atoms with Gasteiger partial charge >= 0.3 is 0 Å². The van der Waals surface area contributed by atoms with E-state index in [1.54, 1.807) is 14.2 Å². The van der Waals surface area contributed by atoms with Crippen molar-refractivity contribution < 1.29 is 9.47 Å². The van der Waals surface area contributed by atoms with Gasteiger partial charge < -0.3 is 14.8 Å². The molecule has 1 aromatic carbocycles. The van der Waals surface area contributed by atoms with Crippen molar-refractivity contribution >= 4 is 0 Å². The third kappa shape index (κ3) is 3.22.